The predicted molar refractivity (Wildman–Crippen MR) is 61.4 cm³/mol. The van der Waals surface area contributed by atoms with Gasteiger partial charge in [0.1, 0.15) is 0 Å². The van der Waals surface area contributed by atoms with Crippen molar-refractivity contribution in [3.05, 3.63) is 28.4 Å². The van der Waals surface area contributed by atoms with Crippen LogP contribution in [0.5, 0.6) is 0 Å². The summed E-state index contributed by atoms with van der Waals surface area (Å²) in [6.45, 7) is 2.11. The van der Waals surface area contributed by atoms with E-state index >= 15 is 0 Å². The molecule has 3 nitrogen and oxygen atoms in total. The van der Waals surface area contributed by atoms with Gasteiger partial charge in [0.15, 0.2) is 0 Å². The van der Waals surface area contributed by atoms with E-state index in [0.717, 1.165) is 10.9 Å². The Morgan fingerprint density at radius 3 is 2.87 bits per heavy atom. The maximum absolute atomic E-state index is 9.31. The number of halogens is 2. The zero-order valence-corrected chi connectivity index (χ0v) is 9.63. The van der Waals surface area contributed by atoms with Crippen LogP contribution in [0.25, 0.3) is 10.9 Å². The average Bonchev–Trinajstić information content (AvgIpc) is 2.55. The molecule has 0 amide bonds. The molecule has 0 saturated heterocycles. The van der Waals surface area contributed by atoms with Crippen LogP contribution in [0.4, 0.5) is 0 Å². The molecule has 1 aromatic heterocycles. The van der Waals surface area contributed by atoms with Crippen LogP contribution in [0, 0.1) is 0 Å². The lowest BCUT2D eigenvalue weighted by Crippen LogP contribution is -2.12. The van der Waals surface area contributed by atoms with Crippen molar-refractivity contribution in [3.8, 4) is 0 Å². The molecule has 0 aliphatic carbocycles. The number of aromatic nitrogens is 2. The largest absolute Gasteiger partial charge is 0.391 e. The fourth-order valence-corrected chi connectivity index (χ4v) is 1.92. The van der Waals surface area contributed by atoms with Gasteiger partial charge in [0.25, 0.3) is 0 Å². The Morgan fingerprint density at radius 2 is 2.20 bits per heavy atom. The molecule has 2 rings (SSSR count). The second-order valence-corrected chi connectivity index (χ2v) is 4.26. The zero-order chi connectivity index (χ0) is 11.0. The first-order valence-electron chi connectivity index (χ1n) is 4.57. The molecule has 1 heterocycles. The topological polar surface area (TPSA) is 38.0 Å². The van der Waals surface area contributed by atoms with E-state index in [0.29, 0.717) is 16.6 Å². The molecule has 0 spiro atoms. The Kier molecular flexibility index (Phi) is 2.87. The van der Waals surface area contributed by atoms with Crippen LogP contribution in [-0.2, 0) is 6.54 Å². The fourth-order valence-electron chi connectivity index (χ4n) is 1.50. The lowest BCUT2D eigenvalue weighted by atomic mass is 10.2. The van der Waals surface area contributed by atoms with Crippen molar-refractivity contribution in [1.29, 1.82) is 0 Å². The molecule has 0 aliphatic heterocycles. The molecule has 0 saturated carbocycles. The molecular weight excluding hydrogens is 235 g/mol. The number of hydrogen-bond acceptors (Lipinski definition) is 2. The second-order valence-electron chi connectivity index (χ2n) is 3.47. The summed E-state index contributed by atoms with van der Waals surface area (Å²) >= 11 is 12.0. The fraction of sp³-hybridized carbons (Fsp3) is 0.300. The summed E-state index contributed by atoms with van der Waals surface area (Å²) in [6.07, 6.45) is 1.24. The van der Waals surface area contributed by atoms with Crippen molar-refractivity contribution in [2.75, 3.05) is 0 Å². The highest BCUT2D eigenvalue weighted by molar-refractivity contribution is 6.45. The number of benzene rings is 1. The van der Waals surface area contributed by atoms with E-state index < -0.39 is 6.10 Å². The highest BCUT2D eigenvalue weighted by atomic mass is 35.5. The van der Waals surface area contributed by atoms with Crippen molar-refractivity contribution in [3.63, 3.8) is 0 Å². The molecule has 1 atom stereocenters. The monoisotopic (exact) mass is 244 g/mol. The van der Waals surface area contributed by atoms with Crippen LogP contribution in [0.3, 0.4) is 0 Å². The number of nitrogens with zero attached hydrogens (tertiary/aromatic N) is 2. The zero-order valence-electron chi connectivity index (χ0n) is 8.11. The van der Waals surface area contributed by atoms with Crippen LogP contribution >= 0.6 is 23.2 Å². The molecule has 0 bridgehead atoms. The van der Waals surface area contributed by atoms with Gasteiger partial charge in [-0.05, 0) is 19.1 Å². The van der Waals surface area contributed by atoms with E-state index in [4.69, 9.17) is 23.2 Å². The third kappa shape index (κ3) is 1.95. The number of rotatable bonds is 2. The van der Waals surface area contributed by atoms with E-state index in [2.05, 4.69) is 5.10 Å². The third-order valence-corrected chi connectivity index (χ3v) is 2.93. The van der Waals surface area contributed by atoms with Crippen LogP contribution in [0.2, 0.25) is 10.0 Å². The SMILES string of the molecule is C[C@@H](O)Cn1ncc2ccc(Cl)c(Cl)c21. The molecule has 80 valence electrons. The lowest BCUT2D eigenvalue weighted by molar-refractivity contribution is 0.170. The van der Waals surface area contributed by atoms with Crippen molar-refractivity contribution >= 4 is 34.1 Å². The first kappa shape index (κ1) is 10.7. The normalized spacial score (nSPS) is 13.3. The van der Waals surface area contributed by atoms with Gasteiger partial charge in [-0.2, -0.15) is 5.10 Å². The van der Waals surface area contributed by atoms with Gasteiger partial charge in [0.05, 0.1) is 34.4 Å². The van der Waals surface area contributed by atoms with Crippen molar-refractivity contribution < 1.29 is 5.11 Å². The van der Waals surface area contributed by atoms with Crippen molar-refractivity contribution in [2.24, 2.45) is 0 Å². The third-order valence-electron chi connectivity index (χ3n) is 2.13. The Labute approximate surface area is 97.2 Å². The standard InChI is InChI=1S/C10H10Cl2N2O/c1-6(15)5-14-10-7(4-13-14)2-3-8(11)9(10)12/h2-4,6,15H,5H2,1H3/t6-/m1/s1. The number of aliphatic hydroxyl groups excluding tert-OH is 1. The van der Waals surface area contributed by atoms with Gasteiger partial charge in [-0.15, -0.1) is 0 Å². The molecule has 0 aliphatic rings. The number of fused-ring (bicyclic) bond motifs is 1. The van der Waals surface area contributed by atoms with E-state index in [9.17, 15) is 5.11 Å². The highest BCUT2D eigenvalue weighted by Gasteiger charge is 2.11. The average molecular weight is 245 g/mol. The van der Waals surface area contributed by atoms with Crippen molar-refractivity contribution in [2.45, 2.75) is 19.6 Å². The Morgan fingerprint density at radius 1 is 1.47 bits per heavy atom. The molecule has 0 fully saturated rings. The predicted octanol–water partition coefficient (Wildman–Crippen LogP) is 2.72. The van der Waals surface area contributed by atoms with Crippen LogP contribution in [-0.4, -0.2) is 21.0 Å². The minimum Gasteiger partial charge on any atom is -0.391 e. The van der Waals surface area contributed by atoms with Gasteiger partial charge in [0, 0.05) is 5.39 Å². The molecule has 1 aromatic carbocycles. The highest BCUT2D eigenvalue weighted by Crippen LogP contribution is 2.30. The van der Waals surface area contributed by atoms with Gasteiger partial charge in [-0.1, -0.05) is 23.2 Å². The van der Waals surface area contributed by atoms with E-state index in [-0.39, 0.29) is 0 Å². The Bertz CT molecular complexity index is 493. The molecule has 0 unspecified atom stereocenters. The summed E-state index contributed by atoms with van der Waals surface area (Å²) in [5, 5.41) is 15.4. The molecule has 5 heteroatoms. The minimum absolute atomic E-state index is 0.406. The van der Waals surface area contributed by atoms with Gasteiger partial charge in [-0.3, -0.25) is 4.68 Å². The van der Waals surface area contributed by atoms with Crippen LogP contribution < -0.4 is 0 Å². The summed E-state index contributed by atoms with van der Waals surface area (Å²) in [5.74, 6) is 0. The lowest BCUT2D eigenvalue weighted by Gasteiger charge is -2.07. The Hall–Kier alpha value is -0.770. The van der Waals surface area contributed by atoms with Gasteiger partial charge < -0.3 is 5.11 Å². The molecule has 1 N–H and O–H groups in total. The summed E-state index contributed by atoms with van der Waals surface area (Å²) in [7, 11) is 0. The van der Waals surface area contributed by atoms with Gasteiger partial charge >= 0.3 is 0 Å². The summed E-state index contributed by atoms with van der Waals surface area (Å²) in [5.41, 5.74) is 0.769. The molecular formula is C10H10Cl2N2O. The van der Waals surface area contributed by atoms with Crippen LogP contribution in [0.1, 0.15) is 6.92 Å². The maximum atomic E-state index is 9.31. The molecule has 2 aromatic rings. The molecule has 15 heavy (non-hydrogen) atoms. The van der Waals surface area contributed by atoms with E-state index in [1.54, 1.807) is 23.9 Å². The van der Waals surface area contributed by atoms with E-state index in [1.807, 2.05) is 6.07 Å². The maximum Gasteiger partial charge on any atom is 0.0884 e. The summed E-state index contributed by atoms with van der Waals surface area (Å²) in [4.78, 5) is 0. The van der Waals surface area contributed by atoms with Crippen molar-refractivity contribution in [1.82, 2.24) is 9.78 Å². The Balaban J connectivity index is 2.61. The van der Waals surface area contributed by atoms with E-state index in [1.165, 1.54) is 0 Å². The molecule has 0 radical (unpaired) electrons. The summed E-state index contributed by atoms with van der Waals surface area (Å²) < 4.78 is 1.66. The second kappa shape index (κ2) is 4.00. The smallest absolute Gasteiger partial charge is 0.0884 e. The summed E-state index contributed by atoms with van der Waals surface area (Å²) in [6, 6.07) is 3.59. The minimum atomic E-state index is -0.469. The van der Waals surface area contributed by atoms with Crippen LogP contribution in [0.15, 0.2) is 18.3 Å². The first-order chi connectivity index (χ1) is 7.09. The quantitative estimate of drug-likeness (QED) is 0.883. The number of aliphatic hydroxyl groups is 1. The first-order valence-corrected chi connectivity index (χ1v) is 5.33. The van der Waals surface area contributed by atoms with Gasteiger partial charge in [-0.25, -0.2) is 0 Å². The van der Waals surface area contributed by atoms with Gasteiger partial charge in [0.2, 0.25) is 0 Å². The number of hydrogen-bond donors (Lipinski definition) is 1.